The van der Waals surface area contributed by atoms with E-state index in [1.54, 1.807) is 0 Å². The monoisotopic (exact) mass is 316 g/mol. The molecule has 1 atom stereocenters. The Morgan fingerprint density at radius 1 is 1.09 bits per heavy atom. The molecule has 0 radical (unpaired) electrons. The quantitative estimate of drug-likeness (QED) is 0.858. The first-order valence-corrected chi connectivity index (χ1v) is 8.78. The number of likely N-dealkylation sites (tertiary alicyclic amines) is 1. The highest BCUT2D eigenvalue weighted by Gasteiger charge is 2.18. The summed E-state index contributed by atoms with van der Waals surface area (Å²) in [6.07, 6.45) is 4.05. The van der Waals surface area contributed by atoms with Gasteiger partial charge in [-0.1, -0.05) is 30.7 Å². The Hall–Kier alpha value is -1.46. The summed E-state index contributed by atoms with van der Waals surface area (Å²) >= 11 is 1.46. The van der Waals surface area contributed by atoms with Crippen LogP contribution < -0.4 is 4.90 Å². The highest BCUT2D eigenvalue weighted by atomic mass is 32.1. The Bertz CT molecular complexity index is 599. The maximum Gasteiger partial charge on any atom is 0.237 e. The summed E-state index contributed by atoms with van der Waals surface area (Å²) in [7, 11) is 3.93. The Morgan fingerprint density at radius 2 is 1.77 bits per heavy atom. The summed E-state index contributed by atoms with van der Waals surface area (Å²) in [5, 5.41) is 0.987. The third kappa shape index (κ3) is 3.31. The van der Waals surface area contributed by atoms with Crippen LogP contribution in [0.5, 0.6) is 0 Å². The van der Waals surface area contributed by atoms with Gasteiger partial charge in [-0.25, -0.2) is 0 Å². The number of nitrogens with zero attached hydrogens (tertiary/aromatic N) is 4. The molecule has 5 heteroatoms. The molecule has 1 aromatic heterocycles. The molecule has 0 N–H and O–H groups in total. The number of hydrogen-bond donors (Lipinski definition) is 0. The van der Waals surface area contributed by atoms with Gasteiger partial charge in [0.15, 0.2) is 0 Å². The Balaban J connectivity index is 1.74. The van der Waals surface area contributed by atoms with E-state index in [0.717, 1.165) is 16.5 Å². The molecule has 2 heterocycles. The predicted molar refractivity (Wildman–Crippen MR) is 93.5 cm³/mol. The van der Waals surface area contributed by atoms with E-state index in [4.69, 9.17) is 0 Å². The average Bonchev–Trinajstić information content (AvgIpc) is 3.05. The standard InChI is InChI=1S/C17H24N4S/c1-13(21-11-5-4-6-12-21)14-7-9-15(10-8-14)16-18-17(19-22-16)20(2)3/h7-10,13H,4-6,11-12H2,1-3H3. The summed E-state index contributed by atoms with van der Waals surface area (Å²) in [5.41, 5.74) is 2.54. The zero-order valence-electron chi connectivity index (χ0n) is 13.6. The maximum absolute atomic E-state index is 4.57. The number of anilines is 1. The minimum atomic E-state index is 0.501. The molecule has 1 unspecified atom stereocenters. The Morgan fingerprint density at radius 3 is 2.36 bits per heavy atom. The predicted octanol–water partition coefficient (Wildman–Crippen LogP) is 3.82. The van der Waals surface area contributed by atoms with Gasteiger partial charge in [-0.15, -0.1) is 0 Å². The van der Waals surface area contributed by atoms with Gasteiger partial charge in [-0.05, 0) is 50.0 Å². The van der Waals surface area contributed by atoms with E-state index in [0.29, 0.717) is 6.04 Å². The number of hydrogen-bond acceptors (Lipinski definition) is 5. The smallest absolute Gasteiger partial charge is 0.237 e. The first kappa shape index (κ1) is 15.4. The number of piperidine rings is 1. The molecule has 118 valence electrons. The van der Waals surface area contributed by atoms with Gasteiger partial charge >= 0.3 is 0 Å². The van der Waals surface area contributed by atoms with Crippen molar-refractivity contribution in [2.45, 2.75) is 32.2 Å². The van der Waals surface area contributed by atoms with Gasteiger partial charge in [0.25, 0.3) is 0 Å². The Kier molecular flexibility index (Phi) is 4.74. The van der Waals surface area contributed by atoms with Crippen molar-refractivity contribution in [1.29, 1.82) is 0 Å². The van der Waals surface area contributed by atoms with Crippen LogP contribution in [0.2, 0.25) is 0 Å². The molecule has 0 saturated carbocycles. The minimum absolute atomic E-state index is 0.501. The summed E-state index contributed by atoms with van der Waals surface area (Å²) in [6, 6.07) is 9.34. The third-order valence-electron chi connectivity index (χ3n) is 4.39. The fourth-order valence-electron chi connectivity index (χ4n) is 2.94. The van der Waals surface area contributed by atoms with E-state index in [9.17, 15) is 0 Å². The second kappa shape index (κ2) is 6.75. The van der Waals surface area contributed by atoms with Crippen LogP contribution in [0.25, 0.3) is 10.6 Å². The molecule has 2 aromatic rings. The highest BCUT2D eigenvalue weighted by Crippen LogP contribution is 2.28. The van der Waals surface area contributed by atoms with E-state index in [2.05, 4.69) is 45.4 Å². The zero-order chi connectivity index (χ0) is 15.5. The molecule has 1 aromatic carbocycles. The van der Waals surface area contributed by atoms with Gasteiger partial charge in [-0.3, -0.25) is 4.90 Å². The lowest BCUT2D eigenvalue weighted by Gasteiger charge is -2.32. The molecule has 22 heavy (non-hydrogen) atoms. The fourth-order valence-corrected chi connectivity index (χ4v) is 3.67. The zero-order valence-corrected chi connectivity index (χ0v) is 14.4. The van der Waals surface area contributed by atoms with Crippen molar-refractivity contribution in [3.63, 3.8) is 0 Å². The molecule has 3 rings (SSSR count). The third-order valence-corrected chi connectivity index (χ3v) is 5.15. The van der Waals surface area contributed by atoms with E-state index in [1.807, 2.05) is 19.0 Å². The van der Waals surface area contributed by atoms with Crippen LogP contribution in [0.3, 0.4) is 0 Å². The van der Waals surface area contributed by atoms with Crippen molar-refractivity contribution in [3.05, 3.63) is 29.8 Å². The molecule has 1 fully saturated rings. The average molecular weight is 316 g/mol. The first-order chi connectivity index (χ1) is 10.6. The highest BCUT2D eigenvalue weighted by molar-refractivity contribution is 7.09. The topological polar surface area (TPSA) is 32.3 Å². The molecular formula is C17H24N4S. The second-order valence-electron chi connectivity index (χ2n) is 6.19. The van der Waals surface area contributed by atoms with Gasteiger partial charge in [0.2, 0.25) is 5.95 Å². The lowest BCUT2D eigenvalue weighted by atomic mass is 10.0. The van der Waals surface area contributed by atoms with Gasteiger partial charge in [0, 0.05) is 25.7 Å². The van der Waals surface area contributed by atoms with Crippen molar-refractivity contribution < 1.29 is 0 Å². The molecule has 4 nitrogen and oxygen atoms in total. The second-order valence-corrected chi connectivity index (χ2v) is 6.94. The molecule has 1 saturated heterocycles. The fraction of sp³-hybridized carbons (Fsp3) is 0.529. The molecule has 0 aliphatic carbocycles. The van der Waals surface area contributed by atoms with Gasteiger partial charge in [-0.2, -0.15) is 9.36 Å². The minimum Gasteiger partial charge on any atom is -0.346 e. The normalized spacial score (nSPS) is 17.4. The van der Waals surface area contributed by atoms with Crippen LogP contribution in [0.1, 0.15) is 37.8 Å². The summed E-state index contributed by atoms with van der Waals surface area (Å²) in [5.74, 6) is 0.783. The summed E-state index contributed by atoms with van der Waals surface area (Å²) < 4.78 is 4.37. The summed E-state index contributed by atoms with van der Waals surface area (Å²) in [4.78, 5) is 9.10. The first-order valence-electron chi connectivity index (χ1n) is 8.00. The van der Waals surface area contributed by atoms with Gasteiger partial charge < -0.3 is 4.90 Å². The number of aromatic nitrogens is 2. The van der Waals surface area contributed by atoms with Crippen LogP contribution in [0, 0.1) is 0 Å². The molecular weight excluding hydrogens is 292 g/mol. The van der Waals surface area contributed by atoms with Crippen LogP contribution in [0.15, 0.2) is 24.3 Å². The van der Waals surface area contributed by atoms with E-state index in [1.165, 1.54) is 49.4 Å². The number of benzene rings is 1. The molecule has 0 amide bonds. The lowest BCUT2D eigenvalue weighted by Crippen LogP contribution is -2.32. The molecule has 0 bridgehead atoms. The number of rotatable bonds is 4. The van der Waals surface area contributed by atoms with Gasteiger partial charge in [0.05, 0.1) is 0 Å². The van der Waals surface area contributed by atoms with E-state index in [-0.39, 0.29) is 0 Å². The molecule has 1 aliphatic rings. The largest absolute Gasteiger partial charge is 0.346 e. The van der Waals surface area contributed by atoms with E-state index < -0.39 is 0 Å². The van der Waals surface area contributed by atoms with Gasteiger partial charge in [0.1, 0.15) is 5.01 Å². The Labute approximate surface area is 137 Å². The van der Waals surface area contributed by atoms with Crippen molar-refractivity contribution >= 4 is 17.5 Å². The molecule has 0 spiro atoms. The van der Waals surface area contributed by atoms with Crippen LogP contribution in [-0.4, -0.2) is 41.4 Å². The van der Waals surface area contributed by atoms with Crippen molar-refractivity contribution in [1.82, 2.24) is 14.3 Å². The van der Waals surface area contributed by atoms with Crippen LogP contribution in [-0.2, 0) is 0 Å². The van der Waals surface area contributed by atoms with E-state index >= 15 is 0 Å². The van der Waals surface area contributed by atoms with Crippen molar-refractivity contribution in [2.75, 3.05) is 32.1 Å². The lowest BCUT2D eigenvalue weighted by molar-refractivity contribution is 0.175. The van der Waals surface area contributed by atoms with Crippen molar-refractivity contribution in [2.24, 2.45) is 0 Å². The SMILES string of the molecule is CC(c1ccc(-c2nc(N(C)C)ns2)cc1)N1CCCCC1. The summed E-state index contributed by atoms with van der Waals surface area (Å²) in [6.45, 7) is 4.77. The van der Waals surface area contributed by atoms with Crippen molar-refractivity contribution in [3.8, 4) is 10.6 Å². The van der Waals surface area contributed by atoms with Crippen LogP contribution in [0.4, 0.5) is 5.95 Å². The van der Waals surface area contributed by atoms with Crippen LogP contribution >= 0.6 is 11.5 Å². The maximum atomic E-state index is 4.57. The molecule has 1 aliphatic heterocycles.